The van der Waals surface area contributed by atoms with E-state index in [1.54, 1.807) is 7.11 Å². The van der Waals surface area contributed by atoms with Gasteiger partial charge in [-0.3, -0.25) is 0 Å². The second-order valence-corrected chi connectivity index (χ2v) is 4.18. The third kappa shape index (κ3) is 4.60. The summed E-state index contributed by atoms with van der Waals surface area (Å²) in [5.74, 6) is 0.873. The normalized spacial score (nSPS) is 10.8. The Labute approximate surface area is 114 Å². The molecule has 0 aromatic heterocycles. The molecule has 0 fully saturated rings. The van der Waals surface area contributed by atoms with Gasteiger partial charge in [0.05, 0.1) is 20.3 Å². The molecule has 0 aliphatic heterocycles. The van der Waals surface area contributed by atoms with Gasteiger partial charge in [-0.1, -0.05) is 54.6 Å². The number of ether oxygens (including phenoxy) is 2. The molecule has 19 heavy (non-hydrogen) atoms. The van der Waals surface area contributed by atoms with Crippen LogP contribution in [0.5, 0.6) is 5.75 Å². The highest BCUT2D eigenvalue weighted by Crippen LogP contribution is 2.12. The third-order valence-corrected chi connectivity index (χ3v) is 2.75. The molecule has 0 atom stereocenters. The minimum absolute atomic E-state index is 0.612. The molecule has 2 heteroatoms. The van der Waals surface area contributed by atoms with Gasteiger partial charge < -0.3 is 9.47 Å². The van der Waals surface area contributed by atoms with E-state index in [1.165, 1.54) is 5.56 Å². The zero-order valence-electron chi connectivity index (χ0n) is 11.1. The Morgan fingerprint density at radius 3 is 2.37 bits per heavy atom. The van der Waals surface area contributed by atoms with Crippen LogP contribution in [0.2, 0.25) is 0 Å². The lowest BCUT2D eigenvalue weighted by atomic mass is 10.2. The van der Waals surface area contributed by atoms with Crippen LogP contribution in [0.15, 0.2) is 60.7 Å². The standard InChI is InChI=1S/C17H18O2/c1-18-17-11-9-15(10-12-17)8-5-13-19-14-16-6-3-2-4-7-16/h2-12H,13-14H2,1H3. The van der Waals surface area contributed by atoms with Crippen LogP contribution in [0.4, 0.5) is 0 Å². The summed E-state index contributed by atoms with van der Waals surface area (Å²) in [6, 6.07) is 18.1. The van der Waals surface area contributed by atoms with E-state index >= 15 is 0 Å². The molecule has 2 nitrogen and oxygen atoms in total. The van der Waals surface area contributed by atoms with Gasteiger partial charge in [-0.05, 0) is 23.3 Å². The zero-order chi connectivity index (χ0) is 13.3. The third-order valence-electron chi connectivity index (χ3n) is 2.75. The molecule has 0 saturated carbocycles. The van der Waals surface area contributed by atoms with Crippen LogP contribution >= 0.6 is 0 Å². The molecule has 0 N–H and O–H groups in total. The molecule has 0 radical (unpaired) electrons. The summed E-state index contributed by atoms with van der Waals surface area (Å²) in [5.41, 5.74) is 2.34. The molecule has 2 rings (SSSR count). The average molecular weight is 254 g/mol. The summed E-state index contributed by atoms with van der Waals surface area (Å²) in [4.78, 5) is 0. The second kappa shape index (κ2) is 7.39. The Kier molecular flexibility index (Phi) is 5.20. The van der Waals surface area contributed by atoms with Gasteiger partial charge in [0.25, 0.3) is 0 Å². The molecule has 0 amide bonds. The molecule has 0 aliphatic rings. The Balaban J connectivity index is 1.74. The van der Waals surface area contributed by atoms with Gasteiger partial charge in [-0.15, -0.1) is 0 Å². The van der Waals surface area contributed by atoms with E-state index in [2.05, 4.69) is 12.1 Å². The first-order valence-electron chi connectivity index (χ1n) is 6.31. The first-order chi connectivity index (χ1) is 9.38. The lowest BCUT2D eigenvalue weighted by Gasteiger charge is -2.01. The molecule has 0 unspecified atom stereocenters. The summed E-state index contributed by atoms with van der Waals surface area (Å²) < 4.78 is 10.7. The van der Waals surface area contributed by atoms with Crippen LogP contribution in [-0.4, -0.2) is 13.7 Å². The molecule has 0 heterocycles. The summed E-state index contributed by atoms with van der Waals surface area (Å²) in [7, 11) is 1.67. The molecular weight excluding hydrogens is 236 g/mol. The van der Waals surface area contributed by atoms with Crippen LogP contribution in [0.3, 0.4) is 0 Å². The SMILES string of the molecule is COc1ccc(C=CCOCc2ccccc2)cc1. The fraction of sp³-hybridized carbons (Fsp3) is 0.176. The van der Waals surface area contributed by atoms with Gasteiger partial charge in [0.2, 0.25) is 0 Å². The molecule has 0 spiro atoms. The number of benzene rings is 2. The Morgan fingerprint density at radius 1 is 0.947 bits per heavy atom. The van der Waals surface area contributed by atoms with Gasteiger partial charge in [0.1, 0.15) is 5.75 Å². The van der Waals surface area contributed by atoms with Crippen LogP contribution in [0.25, 0.3) is 6.08 Å². The van der Waals surface area contributed by atoms with Crippen molar-refractivity contribution >= 4 is 6.08 Å². The van der Waals surface area contributed by atoms with E-state index in [0.717, 1.165) is 11.3 Å². The van der Waals surface area contributed by atoms with Crippen LogP contribution < -0.4 is 4.74 Å². The van der Waals surface area contributed by atoms with Crippen molar-refractivity contribution < 1.29 is 9.47 Å². The zero-order valence-corrected chi connectivity index (χ0v) is 11.1. The van der Waals surface area contributed by atoms with E-state index in [9.17, 15) is 0 Å². The lowest BCUT2D eigenvalue weighted by molar-refractivity contribution is 0.149. The van der Waals surface area contributed by atoms with Crippen LogP contribution in [0.1, 0.15) is 11.1 Å². The summed E-state index contributed by atoms with van der Waals surface area (Å²) in [6.45, 7) is 1.26. The minimum Gasteiger partial charge on any atom is -0.497 e. The second-order valence-electron chi connectivity index (χ2n) is 4.18. The number of rotatable bonds is 6. The van der Waals surface area contributed by atoms with Gasteiger partial charge in [0.15, 0.2) is 0 Å². The number of methoxy groups -OCH3 is 1. The van der Waals surface area contributed by atoms with Crippen molar-refractivity contribution in [1.82, 2.24) is 0 Å². The van der Waals surface area contributed by atoms with Crippen molar-refractivity contribution in [2.24, 2.45) is 0 Å². The van der Waals surface area contributed by atoms with E-state index in [1.807, 2.05) is 54.6 Å². The molecule has 0 bridgehead atoms. The highest BCUT2D eigenvalue weighted by atomic mass is 16.5. The van der Waals surface area contributed by atoms with E-state index in [-0.39, 0.29) is 0 Å². The highest BCUT2D eigenvalue weighted by Gasteiger charge is 1.91. The fourth-order valence-corrected chi connectivity index (χ4v) is 1.72. The first kappa shape index (κ1) is 13.4. The molecular formula is C17H18O2. The van der Waals surface area contributed by atoms with Crippen LogP contribution in [-0.2, 0) is 11.3 Å². The molecule has 2 aromatic carbocycles. The lowest BCUT2D eigenvalue weighted by Crippen LogP contribution is -1.92. The molecule has 98 valence electrons. The van der Waals surface area contributed by atoms with Crippen molar-refractivity contribution in [2.75, 3.05) is 13.7 Å². The summed E-state index contributed by atoms with van der Waals surface area (Å²) in [6.07, 6.45) is 4.06. The summed E-state index contributed by atoms with van der Waals surface area (Å²) >= 11 is 0. The predicted octanol–water partition coefficient (Wildman–Crippen LogP) is 3.93. The number of hydrogen-bond donors (Lipinski definition) is 0. The topological polar surface area (TPSA) is 18.5 Å². The van der Waals surface area contributed by atoms with Crippen molar-refractivity contribution in [3.63, 3.8) is 0 Å². The van der Waals surface area contributed by atoms with Crippen molar-refractivity contribution in [3.8, 4) is 5.75 Å². The quantitative estimate of drug-likeness (QED) is 0.727. The largest absolute Gasteiger partial charge is 0.497 e. The van der Waals surface area contributed by atoms with Crippen LogP contribution in [0, 0.1) is 0 Å². The average Bonchev–Trinajstić information content (AvgIpc) is 2.49. The first-order valence-corrected chi connectivity index (χ1v) is 6.31. The number of hydrogen-bond acceptors (Lipinski definition) is 2. The van der Waals surface area contributed by atoms with Gasteiger partial charge in [-0.25, -0.2) is 0 Å². The molecule has 0 saturated heterocycles. The van der Waals surface area contributed by atoms with Gasteiger partial charge in [0, 0.05) is 0 Å². The monoisotopic (exact) mass is 254 g/mol. The fourth-order valence-electron chi connectivity index (χ4n) is 1.72. The molecule has 0 aliphatic carbocycles. The minimum atomic E-state index is 0.612. The van der Waals surface area contributed by atoms with Gasteiger partial charge in [-0.2, -0.15) is 0 Å². The summed E-state index contributed by atoms with van der Waals surface area (Å²) in [5, 5.41) is 0. The van der Waals surface area contributed by atoms with E-state index in [4.69, 9.17) is 9.47 Å². The smallest absolute Gasteiger partial charge is 0.118 e. The predicted molar refractivity (Wildman–Crippen MR) is 78.1 cm³/mol. The Morgan fingerprint density at radius 2 is 1.68 bits per heavy atom. The van der Waals surface area contributed by atoms with Crippen molar-refractivity contribution in [1.29, 1.82) is 0 Å². The van der Waals surface area contributed by atoms with E-state index < -0.39 is 0 Å². The Hall–Kier alpha value is -2.06. The van der Waals surface area contributed by atoms with Crippen molar-refractivity contribution in [2.45, 2.75) is 6.61 Å². The van der Waals surface area contributed by atoms with Gasteiger partial charge >= 0.3 is 0 Å². The maximum absolute atomic E-state index is 5.57. The highest BCUT2D eigenvalue weighted by molar-refractivity contribution is 5.50. The molecule has 2 aromatic rings. The maximum Gasteiger partial charge on any atom is 0.118 e. The van der Waals surface area contributed by atoms with E-state index in [0.29, 0.717) is 13.2 Å². The Bertz CT molecular complexity index is 501. The maximum atomic E-state index is 5.57. The van der Waals surface area contributed by atoms with Crippen molar-refractivity contribution in [3.05, 3.63) is 71.8 Å².